The normalized spacial score (nSPS) is 11.8. The predicted molar refractivity (Wildman–Crippen MR) is 126 cm³/mol. The van der Waals surface area contributed by atoms with E-state index in [0.29, 0.717) is 21.5 Å². The SMILES string of the molecule is COC(=O)c1c(NC(=O)CSc2nnc(C(C)Oc3cccc(C)c3)n2C)sc(C)c1C. The van der Waals surface area contributed by atoms with Crippen molar-refractivity contribution in [3.05, 3.63) is 51.7 Å². The zero-order valence-corrected chi connectivity index (χ0v) is 20.5. The van der Waals surface area contributed by atoms with Gasteiger partial charge in [-0.3, -0.25) is 4.79 Å². The van der Waals surface area contributed by atoms with E-state index in [0.717, 1.165) is 21.8 Å². The number of aromatic nitrogens is 3. The van der Waals surface area contributed by atoms with Crippen molar-refractivity contribution in [3.63, 3.8) is 0 Å². The Morgan fingerprint density at radius 2 is 2.00 bits per heavy atom. The lowest BCUT2D eigenvalue weighted by Crippen LogP contribution is -2.16. The molecule has 2 heterocycles. The Bertz CT molecular complexity index is 1140. The number of esters is 1. The van der Waals surface area contributed by atoms with Crippen LogP contribution in [0.25, 0.3) is 0 Å². The molecule has 0 fully saturated rings. The molecule has 170 valence electrons. The summed E-state index contributed by atoms with van der Waals surface area (Å²) in [5.41, 5.74) is 2.32. The highest BCUT2D eigenvalue weighted by Crippen LogP contribution is 2.33. The van der Waals surface area contributed by atoms with Gasteiger partial charge in [-0.1, -0.05) is 23.9 Å². The number of hydrogen-bond donors (Lipinski definition) is 1. The Kier molecular flexibility index (Phi) is 7.57. The van der Waals surface area contributed by atoms with Gasteiger partial charge in [-0.25, -0.2) is 4.79 Å². The van der Waals surface area contributed by atoms with Crippen LogP contribution in [0.4, 0.5) is 5.00 Å². The van der Waals surface area contributed by atoms with Crippen LogP contribution in [0.1, 0.15) is 45.2 Å². The van der Waals surface area contributed by atoms with Gasteiger partial charge in [0.2, 0.25) is 5.91 Å². The van der Waals surface area contributed by atoms with Crippen molar-refractivity contribution in [1.82, 2.24) is 14.8 Å². The van der Waals surface area contributed by atoms with E-state index in [4.69, 9.17) is 9.47 Å². The number of nitrogens with zero attached hydrogens (tertiary/aromatic N) is 3. The first-order valence-corrected chi connectivity index (χ1v) is 11.7. The highest BCUT2D eigenvalue weighted by atomic mass is 32.2. The van der Waals surface area contributed by atoms with Crippen molar-refractivity contribution in [3.8, 4) is 5.75 Å². The van der Waals surface area contributed by atoms with E-state index < -0.39 is 5.97 Å². The van der Waals surface area contributed by atoms with Crippen LogP contribution in [-0.4, -0.2) is 39.5 Å². The molecule has 2 aromatic heterocycles. The number of hydrogen-bond acceptors (Lipinski definition) is 8. The number of aryl methyl sites for hydroxylation is 2. The number of benzene rings is 1. The van der Waals surface area contributed by atoms with E-state index in [1.54, 1.807) is 0 Å². The number of rotatable bonds is 8. The number of carbonyl (C=O) groups is 2. The predicted octanol–water partition coefficient (Wildman–Crippen LogP) is 4.46. The molecular formula is C22H26N4O4S2. The Balaban J connectivity index is 1.63. The highest BCUT2D eigenvalue weighted by molar-refractivity contribution is 7.99. The van der Waals surface area contributed by atoms with Crippen LogP contribution < -0.4 is 10.1 Å². The lowest BCUT2D eigenvalue weighted by molar-refractivity contribution is -0.113. The molecule has 1 amide bonds. The van der Waals surface area contributed by atoms with Crippen LogP contribution >= 0.6 is 23.1 Å². The molecule has 0 saturated carbocycles. The first kappa shape index (κ1) is 23.8. The number of anilines is 1. The highest BCUT2D eigenvalue weighted by Gasteiger charge is 2.22. The minimum Gasteiger partial charge on any atom is -0.483 e. The zero-order valence-electron chi connectivity index (χ0n) is 18.9. The van der Waals surface area contributed by atoms with Gasteiger partial charge in [0.25, 0.3) is 0 Å². The second kappa shape index (κ2) is 10.2. The summed E-state index contributed by atoms with van der Waals surface area (Å²) in [6.45, 7) is 7.65. The van der Waals surface area contributed by atoms with Crippen LogP contribution in [-0.2, 0) is 16.6 Å². The smallest absolute Gasteiger partial charge is 0.341 e. The molecule has 0 aliphatic rings. The maximum Gasteiger partial charge on any atom is 0.341 e. The summed E-state index contributed by atoms with van der Waals surface area (Å²) in [6, 6.07) is 7.81. The molecule has 0 radical (unpaired) electrons. The van der Waals surface area contributed by atoms with Crippen LogP contribution in [0.15, 0.2) is 29.4 Å². The summed E-state index contributed by atoms with van der Waals surface area (Å²) in [6.07, 6.45) is -0.308. The summed E-state index contributed by atoms with van der Waals surface area (Å²) < 4.78 is 12.7. The van der Waals surface area contributed by atoms with Crippen molar-refractivity contribution in [1.29, 1.82) is 0 Å². The number of nitrogens with one attached hydrogen (secondary N) is 1. The average Bonchev–Trinajstić information content (AvgIpc) is 3.25. The molecular weight excluding hydrogens is 448 g/mol. The molecule has 0 aliphatic heterocycles. The molecule has 0 aliphatic carbocycles. The Morgan fingerprint density at radius 1 is 1.25 bits per heavy atom. The maximum absolute atomic E-state index is 12.5. The topological polar surface area (TPSA) is 95.3 Å². The summed E-state index contributed by atoms with van der Waals surface area (Å²) in [5, 5.41) is 12.3. The quantitative estimate of drug-likeness (QED) is 0.380. The number of amides is 1. The minimum atomic E-state index is -0.463. The van der Waals surface area contributed by atoms with Gasteiger partial charge < -0.3 is 19.4 Å². The van der Waals surface area contributed by atoms with Crippen LogP contribution in [0.3, 0.4) is 0 Å². The Labute approximate surface area is 195 Å². The van der Waals surface area contributed by atoms with Crippen LogP contribution in [0.2, 0.25) is 0 Å². The van der Waals surface area contributed by atoms with Crippen molar-refractivity contribution in [2.75, 3.05) is 18.2 Å². The number of carbonyl (C=O) groups excluding carboxylic acids is 2. The Hall–Kier alpha value is -2.85. The number of methoxy groups -OCH3 is 1. The van der Waals surface area contributed by atoms with Gasteiger partial charge in [0.1, 0.15) is 10.8 Å². The van der Waals surface area contributed by atoms with Gasteiger partial charge in [0, 0.05) is 11.9 Å². The molecule has 8 nitrogen and oxygen atoms in total. The third-order valence-electron chi connectivity index (χ3n) is 4.89. The lowest BCUT2D eigenvalue weighted by Gasteiger charge is -2.14. The first-order chi connectivity index (χ1) is 15.2. The van der Waals surface area contributed by atoms with Gasteiger partial charge in [0.15, 0.2) is 17.1 Å². The van der Waals surface area contributed by atoms with Gasteiger partial charge in [0.05, 0.1) is 18.4 Å². The van der Waals surface area contributed by atoms with Crippen LogP contribution in [0.5, 0.6) is 5.75 Å². The molecule has 1 N–H and O–H groups in total. The molecule has 3 rings (SSSR count). The van der Waals surface area contributed by atoms with E-state index in [1.807, 2.05) is 63.6 Å². The summed E-state index contributed by atoms with van der Waals surface area (Å²) >= 11 is 2.62. The Morgan fingerprint density at radius 3 is 2.69 bits per heavy atom. The molecule has 1 unspecified atom stereocenters. The second-order valence-electron chi connectivity index (χ2n) is 7.29. The minimum absolute atomic E-state index is 0.121. The summed E-state index contributed by atoms with van der Waals surface area (Å²) in [5.74, 6) is 0.838. The van der Waals surface area contributed by atoms with E-state index in [9.17, 15) is 9.59 Å². The zero-order chi connectivity index (χ0) is 23.4. The monoisotopic (exact) mass is 474 g/mol. The fourth-order valence-electron chi connectivity index (χ4n) is 3.11. The second-order valence-corrected chi connectivity index (χ2v) is 9.46. The lowest BCUT2D eigenvalue weighted by atomic mass is 10.1. The van der Waals surface area contributed by atoms with Gasteiger partial charge in [-0.15, -0.1) is 21.5 Å². The van der Waals surface area contributed by atoms with Crippen molar-refractivity contribution in [2.45, 2.75) is 39.0 Å². The molecule has 3 aromatic rings. The molecule has 10 heteroatoms. The largest absolute Gasteiger partial charge is 0.483 e. The first-order valence-electron chi connectivity index (χ1n) is 9.94. The van der Waals surface area contributed by atoms with Crippen molar-refractivity contribution < 1.29 is 19.1 Å². The molecule has 0 bridgehead atoms. The third kappa shape index (κ3) is 5.31. The molecule has 0 saturated heterocycles. The van der Waals surface area contributed by atoms with E-state index in [-0.39, 0.29) is 17.8 Å². The molecule has 32 heavy (non-hydrogen) atoms. The fraction of sp³-hybridized carbons (Fsp3) is 0.364. The van der Waals surface area contributed by atoms with E-state index >= 15 is 0 Å². The summed E-state index contributed by atoms with van der Waals surface area (Å²) in [7, 11) is 3.17. The van der Waals surface area contributed by atoms with Crippen LogP contribution in [0, 0.1) is 20.8 Å². The van der Waals surface area contributed by atoms with Crippen molar-refractivity contribution in [2.24, 2.45) is 7.05 Å². The fourth-order valence-corrected chi connectivity index (χ4v) is 4.89. The van der Waals surface area contributed by atoms with Crippen molar-refractivity contribution >= 4 is 40.0 Å². The van der Waals surface area contributed by atoms with Gasteiger partial charge in [-0.05, 0) is 51.0 Å². The number of ether oxygens (including phenoxy) is 2. The maximum atomic E-state index is 12.5. The van der Waals surface area contributed by atoms with Gasteiger partial charge >= 0.3 is 5.97 Å². The van der Waals surface area contributed by atoms with E-state index in [2.05, 4.69) is 15.5 Å². The third-order valence-corrected chi connectivity index (χ3v) is 7.04. The number of thioether (sulfide) groups is 1. The van der Waals surface area contributed by atoms with Gasteiger partial charge in [-0.2, -0.15) is 0 Å². The average molecular weight is 475 g/mol. The van der Waals surface area contributed by atoms with E-state index in [1.165, 1.54) is 30.2 Å². The molecule has 1 atom stereocenters. The number of thiophene rings is 1. The molecule has 0 spiro atoms. The summed E-state index contributed by atoms with van der Waals surface area (Å²) in [4.78, 5) is 25.6. The molecule has 1 aromatic carbocycles. The standard InChI is InChI=1S/C22H26N4O4S2/c1-12-8-7-9-16(10-12)30-14(3)19-24-25-22(26(19)5)31-11-17(27)23-20-18(21(28)29-6)13(2)15(4)32-20/h7-10,14H,11H2,1-6H3,(H,23,27).